The van der Waals surface area contributed by atoms with E-state index in [1.807, 2.05) is 0 Å². The van der Waals surface area contributed by atoms with E-state index in [0.29, 0.717) is 11.5 Å². The lowest BCUT2D eigenvalue weighted by Gasteiger charge is -2.56. The van der Waals surface area contributed by atoms with Crippen LogP contribution >= 0.6 is 0 Å². The molecule has 0 aromatic rings. The van der Waals surface area contributed by atoms with Gasteiger partial charge in [0.2, 0.25) is 0 Å². The molecule has 4 rings (SSSR count). The molecule has 4 aliphatic rings. The third-order valence-electron chi connectivity index (χ3n) is 8.18. The molecule has 2 nitrogen and oxygen atoms in total. The normalized spacial score (nSPS) is 49.8. The number of hydrogen-bond acceptors (Lipinski definition) is 2. The molecule has 0 heterocycles. The van der Waals surface area contributed by atoms with Gasteiger partial charge in [0.25, 0.3) is 0 Å². The Kier molecular flexibility index (Phi) is 4.53. The first-order valence-electron chi connectivity index (χ1n) is 10.8. The molecular weight excluding hydrogens is 324 g/mol. The maximum Gasteiger partial charge on any atom is 0.184 e. The van der Waals surface area contributed by atoms with Crippen molar-refractivity contribution in [3.8, 4) is 0 Å². The van der Waals surface area contributed by atoms with Crippen molar-refractivity contribution >= 4 is 8.32 Å². The molecule has 0 aliphatic heterocycles. The largest absolute Gasteiger partial charge is 0.414 e. The Labute approximate surface area is 155 Å². The van der Waals surface area contributed by atoms with Crippen LogP contribution in [0, 0.1) is 35.0 Å². The van der Waals surface area contributed by atoms with Crippen molar-refractivity contribution < 1.29 is 9.53 Å². The molecule has 0 bridgehead atoms. The summed E-state index contributed by atoms with van der Waals surface area (Å²) in [6.45, 7) is 12.1. The van der Waals surface area contributed by atoms with Gasteiger partial charge in [-0.1, -0.05) is 25.5 Å². The molecule has 3 fully saturated rings. The van der Waals surface area contributed by atoms with E-state index in [2.05, 4.69) is 39.6 Å². The average molecular weight is 363 g/mol. The van der Waals surface area contributed by atoms with Crippen molar-refractivity contribution in [2.24, 2.45) is 35.0 Å². The minimum absolute atomic E-state index is 0.176. The van der Waals surface area contributed by atoms with E-state index in [1.54, 1.807) is 5.57 Å². The van der Waals surface area contributed by atoms with Crippen molar-refractivity contribution in [1.82, 2.24) is 0 Å². The van der Waals surface area contributed by atoms with Crippen molar-refractivity contribution in [2.75, 3.05) is 0 Å². The highest BCUT2D eigenvalue weighted by molar-refractivity contribution is 6.69. The highest BCUT2D eigenvalue weighted by Crippen LogP contribution is 2.63. The number of fused-ring (bicyclic) bond motifs is 5. The molecular formula is C22H38O2Si. The lowest BCUT2D eigenvalue weighted by Crippen LogP contribution is -2.51. The summed E-state index contributed by atoms with van der Waals surface area (Å²) in [5, 5.41) is 10.1. The van der Waals surface area contributed by atoms with Gasteiger partial charge < -0.3 is 9.53 Å². The van der Waals surface area contributed by atoms with Gasteiger partial charge in [-0.25, -0.2) is 0 Å². The molecule has 0 unspecified atom stereocenters. The van der Waals surface area contributed by atoms with Crippen LogP contribution in [-0.2, 0) is 4.43 Å². The predicted octanol–water partition coefficient (Wildman–Crippen LogP) is 5.39. The van der Waals surface area contributed by atoms with Crippen molar-refractivity contribution in [1.29, 1.82) is 0 Å². The fourth-order valence-corrected chi connectivity index (χ4v) is 8.53. The first-order valence-corrected chi connectivity index (χ1v) is 14.2. The second-order valence-electron chi connectivity index (χ2n) is 10.9. The Balaban J connectivity index is 1.59. The van der Waals surface area contributed by atoms with Gasteiger partial charge in [0.15, 0.2) is 8.32 Å². The predicted molar refractivity (Wildman–Crippen MR) is 106 cm³/mol. The molecule has 25 heavy (non-hydrogen) atoms. The van der Waals surface area contributed by atoms with Crippen LogP contribution in [0.4, 0.5) is 0 Å². The SMILES string of the molecule is C[C@@H]1CC2=C[C@H](O)CC[C@@H]2[C@H]2CC[C@]3(C)[C@@H](O[Si](C)(C)C)CC[C@H]3[C@@H]21. The van der Waals surface area contributed by atoms with Crippen LogP contribution < -0.4 is 0 Å². The Morgan fingerprint density at radius 2 is 1.88 bits per heavy atom. The van der Waals surface area contributed by atoms with Crippen LogP contribution in [0.15, 0.2) is 11.6 Å². The molecule has 4 aliphatic carbocycles. The van der Waals surface area contributed by atoms with E-state index in [4.69, 9.17) is 4.43 Å². The first kappa shape index (κ1) is 18.2. The van der Waals surface area contributed by atoms with Crippen LogP contribution in [0.3, 0.4) is 0 Å². The standard InChI is InChI=1S/C22H38O2Si/c1-14-12-15-13-16(23)6-7-17(15)18-10-11-22(2)19(21(14)18)8-9-20(22)24-25(3,4)5/h13-14,16-21,23H,6-12H2,1-5H3/t14-,16-,17+,18-,19+,20+,21-,22+/m1/s1. The zero-order valence-electron chi connectivity index (χ0n) is 16.9. The van der Waals surface area contributed by atoms with Crippen LogP contribution in [0.25, 0.3) is 0 Å². The third-order valence-corrected chi connectivity index (χ3v) is 9.17. The van der Waals surface area contributed by atoms with Crippen molar-refractivity contribution in [3.63, 3.8) is 0 Å². The number of aliphatic hydroxyl groups is 1. The van der Waals surface area contributed by atoms with Gasteiger partial charge >= 0.3 is 0 Å². The lowest BCUT2D eigenvalue weighted by molar-refractivity contribution is -0.0673. The molecule has 3 heteroatoms. The number of aliphatic hydroxyl groups excluding tert-OH is 1. The van der Waals surface area contributed by atoms with Gasteiger partial charge in [-0.15, -0.1) is 0 Å². The second kappa shape index (κ2) is 6.20. The Morgan fingerprint density at radius 3 is 2.60 bits per heavy atom. The van der Waals surface area contributed by atoms with Gasteiger partial charge in [0.05, 0.1) is 12.2 Å². The summed E-state index contributed by atoms with van der Waals surface area (Å²) in [5.41, 5.74) is 2.01. The summed E-state index contributed by atoms with van der Waals surface area (Å²) < 4.78 is 6.70. The minimum atomic E-state index is -1.48. The third kappa shape index (κ3) is 3.08. The summed E-state index contributed by atoms with van der Waals surface area (Å²) in [4.78, 5) is 0. The summed E-state index contributed by atoms with van der Waals surface area (Å²) in [6.07, 6.45) is 11.4. The summed E-state index contributed by atoms with van der Waals surface area (Å²) in [6, 6.07) is 0. The van der Waals surface area contributed by atoms with Crippen molar-refractivity contribution in [3.05, 3.63) is 11.6 Å². The number of rotatable bonds is 2. The Morgan fingerprint density at radius 1 is 1.12 bits per heavy atom. The van der Waals surface area contributed by atoms with E-state index in [1.165, 1.54) is 38.5 Å². The summed E-state index contributed by atoms with van der Waals surface area (Å²) in [5.74, 6) is 4.15. The van der Waals surface area contributed by atoms with Gasteiger partial charge in [-0.2, -0.15) is 0 Å². The zero-order valence-corrected chi connectivity index (χ0v) is 17.9. The highest BCUT2D eigenvalue weighted by Gasteiger charge is 2.58. The highest BCUT2D eigenvalue weighted by atomic mass is 28.4. The molecule has 0 aromatic carbocycles. The fraction of sp³-hybridized carbons (Fsp3) is 0.909. The zero-order chi connectivity index (χ0) is 18.0. The van der Waals surface area contributed by atoms with Crippen LogP contribution in [0.2, 0.25) is 19.6 Å². The van der Waals surface area contributed by atoms with Crippen molar-refractivity contribution in [2.45, 2.75) is 90.6 Å². The second-order valence-corrected chi connectivity index (χ2v) is 15.3. The number of allylic oxidation sites excluding steroid dienone is 1. The van der Waals surface area contributed by atoms with Gasteiger partial charge in [-0.05, 0) is 99.6 Å². The van der Waals surface area contributed by atoms with Crippen LogP contribution in [-0.4, -0.2) is 25.6 Å². The van der Waals surface area contributed by atoms with E-state index < -0.39 is 8.32 Å². The number of hydrogen-bond donors (Lipinski definition) is 1. The Hall–Kier alpha value is -0.123. The van der Waals surface area contributed by atoms with E-state index >= 15 is 0 Å². The molecule has 0 aromatic heterocycles. The fourth-order valence-electron chi connectivity index (χ4n) is 7.29. The lowest BCUT2D eigenvalue weighted by atomic mass is 9.49. The monoisotopic (exact) mass is 362 g/mol. The topological polar surface area (TPSA) is 29.5 Å². The molecule has 142 valence electrons. The average Bonchev–Trinajstić information content (AvgIpc) is 2.82. The Bertz CT molecular complexity index is 551. The molecule has 0 amide bonds. The smallest absolute Gasteiger partial charge is 0.184 e. The summed E-state index contributed by atoms with van der Waals surface area (Å²) in [7, 11) is -1.48. The molecule has 3 saturated carbocycles. The molecule has 0 radical (unpaired) electrons. The van der Waals surface area contributed by atoms with E-state index in [-0.39, 0.29) is 6.10 Å². The quantitative estimate of drug-likeness (QED) is 0.527. The van der Waals surface area contributed by atoms with Crippen LogP contribution in [0.5, 0.6) is 0 Å². The molecule has 0 saturated heterocycles. The summed E-state index contributed by atoms with van der Waals surface area (Å²) >= 11 is 0. The maximum atomic E-state index is 10.1. The maximum absolute atomic E-state index is 10.1. The first-order chi connectivity index (χ1) is 11.7. The van der Waals surface area contributed by atoms with Gasteiger partial charge in [-0.3, -0.25) is 0 Å². The van der Waals surface area contributed by atoms with E-state index in [9.17, 15) is 5.11 Å². The molecule has 0 spiro atoms. The van der Waals surface area contributed by atoms with E-state index in [0.717, 1.165) is 36.0 Å². The van der Waals surface area contributed by atoms with Gasteiger partial charge in [0, 0.05) is 0 Å². The molecule has 8 atom stereocenters. The molecule has 1 N–H and O–H groups in total. The minimum Gasteiger partial charge on any atom is -0.414 e. The van der Waals surface area contributed by atoms with Crippen LogP contribution in [0.1, 0.15) is 58.8 Å². The van der Waals surface area contributed by atoms with Gasteiger partial charge in [0.1, 0.15) is 0 Å².